The number of hydrogen-bond acceptors (Lipinski definition) is 3. The van der Waals surface area contributed by atoms with Crippen molar-refractivity contribution in [1.82, 2.24) is 4.57 Å². The van der Waals surface area contributed by atoms with Crippen molar-refractivity contribution in [3.63, 3.8) is 0 Å². The second-order valence-corrected chi connectivity index (χ2v) is 8.99. The number of fused-ring (bicyclic) bond motifs is 1. The second kappa shape index (κ2) is 9.95. The summed E-state index contributed by atoms with van der Waals surface area (Å²) in [5.41, 5.74) is 0.767. The number of carbonyl (C=O) groups is 1. The fraction of sp³-hybridized carbons (Fsp3) is 0.192. The molecule has 0 aliphatic heterocycles. The van der Waals surface area contributed by atoms with Gasteiger partial charge < -0.3 is 19.1 Å². The Kier molecular flexibility index (Phi) is 7.11. The van der Waals surface area contributed by atoms with Crippen LogP contribution in [0.15, 0.2) is 60.7 Å². The van der Waals surface area contributed by atoms with Crippen LogP contribution >= 0.6 is 23.2 Å². The standard InChI is InChI=1S/C26H20Cl2F3NO4/c1-14-24(36-19-7-5-18(27)6-8-19)20-9-4-17(26(29,30)31)12-22(20)32(14)13-16-3-10-21(28)23(11-16)35-15(2)25(33)34/h3-12,15H,13H2,1-2H3,(H,33,34)/t15-/m0/s1. The van der Waals surface area contributed by atoms with E-state index < -0.39 is 23.8 Å². The first-order chi connectivity index (χ1) is 16.9. The molecular formula is C26H20Cl2F3NO4. The lowest BCUT2D eigenvalue weighted by Crippen LogP contribution is -2.23. The van der Waals surface area contributed by atoms with Crippen LogP contribution in [0.2, 0.25) is 10.0 Å². The van der Waals surface area contributed by atoms with Crippen molar-refractivity contribution in [3.8, 4) is 17.2 Å². The Bertz CT molecular complexity index is 1430. The van der Waals surface area contributed by atoms with Crippen LogP contribution in [0.1, 0.15) is 23.7 Å². The molecule has 1 atom stereocenters. The molecule has 0 saturated carbocycles. The summed E-state index contributed by atoms with van der Waals surface area (Å²) in [5.74, 6) is -0.114. The van der Waals surface area contributed by atoms with E-state index in [0.717, 1.165) is 12.1 Å². The van der Waals surface area contributed by atoms with Gasteiger partial charge in [-0.3, -0.25) is 0 Å². The van der Waals surface area contributed by atoms with E-state index in [-0.39, 0.29) is 17.3 Å². The molecule has 5 nitrogen and oxygen atoms in total. The van der Waals surface area contributed by atoms with Crippen molar-refractivity contribution in [2.45, 2.75) is 32.7 Å². The number of hydrogen-bond donors (Lipinski definition) is 1. The van der Waals surface area contributed by atoms with Crippen LogP contribution in [0, 0.1) is 6.92 Å². The lowest BCUT2D eigenvalue weighted by Gasteiger charge is -2.15. The Morgan fingerprint density at radius 1 is 1.06 bits per heavy atom. The van der Waals surface area contributed by atoms with Crippen molar-refractivity contribution >= 4 is 40.1 Å². The summed E-state index contributed by atoms with van der Waals surface area (Å²) in [6.07, 6.45) is -5.66. The summed E-state index contributed by atoms with van der Waals surface area (Å²) in [6.45, 7) is 3.27. The van der Waals surface area contributed by atoms with Crippen LogP contribution in [-0.4, -0.2) is 21.7 Å². The van der Waals surface area contributed by atoms with Crippen LogP contribution in [0.4, 0.5) is 13.2 Å². The van der Waals surface area contributed by atoms with Crippen molar-refractivity contribution in [2.75, 3.05) is 0 Å². The van der Waals surface area contributed by atoms with Crippen LogP contribution in [0.25, 0.3) is 10.9 Å². The molecule has 4 aromatic rings. The number of carboxylic acid groups (broad SMARTS) is 1. The molecule has 0 bridgehead atoms. The highest BCUT2D eigenvalue weighted by Gasteiger charge is 2.31. The third-order valence-electron chi connectivity index (χ3n) is 5.62. The third kappa shape index (κ3) is 5.39. The zero-order valence-corrected chi connectivity index (χ0v) is 20.6. The lowest BCUT2D eigenvalue weighted by molar-refractivity contribution is -0.144. The molecule has 0 saturated heterocycles. The average Bonchev–Trinajstić information content (AvgIpc) is 3.07. The van der Waals surface area contributed by atoms with Gasteiger partial charge in [-0.05, 0) is 74.0 Å². The molecule has 188 valence electrons. The van der Waals surface area contributed by atoms with Crippen LogP contribution in [0.3, 0.4) is 0 Å². The van der Waals surface area contributed by atoms with Crippen molar-refractivity contribution in [2.24, 2.45) is 0 Å². The molecule has 4 rings (SSSR count). The molecule has 0 unspecified atom stereocenters. The molecule has 0 fully saturated rings. The molecule has 0 radical (unpaired) electrons. The highest BCUT2D eigenvalue weighted by molar-refractivity contribution is 6.32. The Labute approximate surface area is 214 Å². The number of alkyl halides is 3. The smallest absolute Gasteiger partial charge is 0.416 e. The number of aliphatic carboxylic acids is 1. The van der Waals surface area contributed by atoms with E-state index in [0.29, 0.717) is 38.7 Å². The number of halogens is 5. The van der Waals surface area contributed by atoms with E-state index in [2.05, 4.69) is 0 Å². The molecular weight excluding hydrogens is 518 g/mol. The minimum absolute atomic E-state index is 0.155. The fourth-order valence-corrected chi connectivity index (χ4v) is 4.02. The lowest BCUT2D eigenvalue weighted by atomic mass is 10.1. The van der Waals surface area contributed by atoms with Crippen LogP contribution in [0.5, 0.6) is 17.2 Å². The first-order valence-electron chi connectivity index (χ1n) is 10.8. The second-order valence-electron chi connectivity index (χ2n) is 8.15. The van der Waals surface area contributed by atoms with Gasteiger partial charge in [0.25, 0.3) is 0 Å². The maximum absolute atomic E-state index is 13.5. The number of ether oxygens (including phenoxy) is 2. The van der Waals surface area contributed by atoms with Gasteiger partial charge in [0.05, 0.1) is 21.8 Å². The van der Waals surface area contributed by atoms with Crippen molar-refractivity contribution in [3.05, 3.63) is 87.5 Å². The van der Waals surface area contributed by atoms with E-state index in [9.17, 15) is 18.0 Å². The average molecular weight is 538 g/mol. The summed E-state index contributed by atoms with van der Waals surface area (Å²) in [7, 11) is 0. The monoisotopic (exact) mass is 537 g/mol. The predicted molar refractivity (Wildman–Crippen MR) is 131 cm³/mol. The molecule has 3 aromatic carbocycles. The Morgan fingerprint density at radius 2 is 1.75 bits per heavy atom. The maximum atomic E-state index is 13.5. The van der Waals surface area contributed by atoms with E-state index >= 15 is 0 Å². The first-order valence-corrected chi connectivity index (χ1v) is 11.5. The summed E-state index contributed by atoms with van der Waals surface area (Å²) in [4.78, 5) is 11.2. The number of carboxylic acids is 1. The zero-order valence-electron chi connectivity index (χ0n) is 19.1. The van der Waals surface area contributed by atoms with Gasteiger partial charge in [0.1, 0.15) is 11.5 Å². The topological polar surface area (TPSA) is 60.7 Å². The van der Waals surface area contributed by atoms with Gasteiger partial charge in [-0.25, -0.2) is 4.79 Å². The van der Waals surface area contributed by atoms with Gasteiger partial charge >= 0.3 is 12.1 Å². The molecule has 0 spiro atoms. The summed E-state index contributed by atoms with van der Waals surface area (Å²) < 4.78 is 53.8. The molecule has 1 aromatic heterocycles. The first kappa shape index (κ1) is 25.7. The molecule has 1 N–H and O–H groups in total. The van der Waals surface area contributed by atoms with Crippen molar-refractivity contribution in [1.29, 1.82) is 0 Å². The number of benzene rings is 3. The van der Waals surface area contributed by atoms with Gasteiger partial charge in [0.15, 0.2) is 11.9 Å². The van der Waals surface area contributed by atoms with Gasteiger partial charge in [0.2, 0.25) is 0 Å². The summed E-state index contributed by atoms with van der Waals surface area (Å²) >= 11 is 12.1. The van der Waals surface area contributed by atoms with Gasteiger partial charge in [-0.15, -0.1) is 0 Å². The molecule has 10 heteroatoms. The highest BCUT2D eigenvalue weighted by atomic mass is 35.5. The number of rotatable bonds is 7. The normalized spacial score (nSPS) is 12.5. The van der Waals surface area contributed by atoms with E-state index in [1.54, 1.807) is 54.0 Å². The Morgan fingerprint density at radius 3 is 2.39 bits per heavy atom. The van der Waals surface area contributed by atoms with E-state index in [4.69, 9.17) is 37.8 Å². The maximum Gasteiger partial charge on any atom is 0.416 e. The Balaban J connectivity index is 1.80. The molecule has 1 heterocycles. The third-order valence-corrected chi connectivity index (χ3v) is 6.18. The molecule has 0 aliphatic carbocycles. The number of aromatic nitrogens is 1. The fourth-order valence-electron chi connectivity index (χ4n) is 3.73. The van der Waals surface area contributed by atoms with Gasteiger partial charge in [-0.2, -0.15) is 13.2 Å². The summed E-state index contributed by atoms with van der Waals surface area (Å²) in [6, 6.07) is 14.9. The Hall–Kier alpha value is -3.36. The van der Waals surface area contributed by atoms with Crippen LogP contribution in [-0.2, 0) is 17.5 Å². The molecule has 0 aliphatic rings. The van der Waals surface area contributed by atoms with Crippen LogP contribution < -0.4 is 9.47 Å². The van der Waals surface area contributed by atoms with E-state index in [1.807, 2.05) is 0 Å². The quantitative estimate of drug-likeness (QED) is 0.259. The predicted octanol–water partition coefficient (Wildman–Crippen LogP) is 7.97. The van der Waals surface area contributed by atoms with Crippen molar-refractivity contribution < 1.29 is 32.5 Å². The molecule has 0 amide bonds. The minimum Gasteiger partial charge on any atom is -0.479 e. The number of nitrogens with zero attached hydrogens (tertiary/aromatic N) is 1. The zero-order chi connectivity index (χ0) is 26.2. The van der Waals surface area contributed by atoms with Gasteiger partial charge in [0, 0.05) is 17.0 Å². The SMILES string of the molecule is Cc1c(Oc2ccc(Cl)cc2)c2ccc(C(F)(F)F)cc2n1Cc1ccc(Cl)c(O[C@@H](C)C(=O)O)c1. The highest BCUT2D eigenvalue weighted by Crippen LogP contribution is 2.40. The summed E-state index contributed by atoms with van der Waals surface area (Å²) in [5, 5.41) is 10.4. The van der Waals surface area contributed by atoms with Gasteiger partial charge in [-0.1, -0.05) is 29.3 Å². The largest absolute Gasteiger partial charge is 0.479 e. The van der Waals surface area contributed by atoms with E-state index in [1.165, 1.54) is 13.0 Å². The minimum atomic E-state index is -4.53. The molecule has 36 heavy (non-hydrogen) atoms.